The number of anilines is 6. The fraction of sp³-hybridized carbons (Fsp3) is 0.327. The first-order chi connectivity index (χ1) is 33.8. The van der Waals surface area contributed by atoms with Gasteiger partial charge in [-0.1, -0.05) is 53.4 Å². The van der Waals surface area contributed by atoms with Crippen molar-refractivity contribution in [2.45, 2.75) is 28.2 Å². The number of ether oxygens (including phenoxy) is 4. The number of piperazine rings is 2. The molecule has 1 atom stereocenters. The van der Waals surface area contributed by atoms with Crippen LogP contribution in [-0.4, -0.2) is 125 Å². The van der Waals surface area contributed by atoms with Gasteiger partial charge in [-0.2, -0.15) is 14.9 Å². The molecular formula is C49H60BrN10O8PS3. The minimum Gasteiger partial charge on any atom is -0.454 e. The predicted molar refractivity (Wildman–Crippen MR) is 302 cm³/mol. The van der Waals surface area contributed by atoms with Gasteiger partial charge in [0.2, 0.25) is 31.2 Å². The SMILES string of the molecule is C.CC(=O)N1CCN(c2ccc(Nc3nc(N)c(C(=O)c4ccc5c(c4)OCO5)s3)cc2)CC1.CCSC(N)=NC(=S)Nc1ccc(N2CCN(C(C)=O)CC2)cc1.O=C(CBr)c1ccc2c(c1)OCO2.P. The Hall–Kier alpha value is -6.19. The molecule has 1 unspecified atom stereocenters. The lowest BCUT2D eigenvalue weighted by atomic mass is 10.1. The molecule has 72 heavy (non-hydrogen) atoms. The van der Waals surface area contributed by atoms with Crippen molar-refractivity contribution in [3.05, 3.63) is 101 Å². The number of Topliss-reactive ketones (excluding diaryl/α,β-unsaturated/α-hetero) is 1. The number of aliphatic imine (C=N–C) groups is 1. The number of halogens is 1. The van der Waals surface area contributed by atoms with Crippen LogP contribution in [0.2, 0.25) is 0 Å². The van der Waals surface area contributed by atoms with E-state index in [0.29, 0.717) is 59.7 Å². The molecular weight excluding hydrogens is 1060 g/mol. The maximum atomic E-state index is 13.0. The van der Waals surface area contributed by atoms with Crippen molar-refractivity contribution >= 4 is 129 Å². The molecule has 6 N–H and O–H groups in total. The lowest BCUT2D eigenvalue weighted by molar-refractivity contribution is -0.129. The number of benzene rings is 4. The number of thiazole rings is 1. The van der Waals surface area contributed by atoms with Gasteiger partial charge in [0.1, 0.15) is 10.7 Å². The Labute approximate surface area is 444 Å². The number of nitrogen functional groups attached to an aromatic ring is 1. The van der Waals surface area contributed by atoms with Crippen molar-refractivity contribution < 1.29 is 38.1 Å². The molecule has 2 fully saturated rings. The number of thioether (sulfide) groups is 1. The van der Waals surface area contributed by atoms with E-state index in [9.17, 15) is 19.2 Å². The molecule has 0 bridgehead atoms. The number of thiocarbonyl (C=S) groups is 1. The highest BCUT2D eigenvalue weighted by Crippen LogP contribution is 2.36. The molecule has 0 aliphatic carbocycles. The first-order valence-electron chi connectivity index (χ1n) is 22.2. The van der Waals surface area contributed by atoms with Crippen LogP contribution in [0.15, 0.2) is 89.9 Å². The smallest absolute Gasteiger partial charge is 0.231 e. The van der Waals surface area contributed by atoms with E-state index in [2.05, 4.69) is 46.3 Å². The quantitative estimate of drug-likeness (QED) is 0.0261. The van der Waals surface area contributed by atoms with E-state index >= 15 is 0 Å². The van der Waals surface area contributed by atoms with Gasteiger partial charge in [0, 0.05) is 100 Å². The molecule has 384 valence electrons. The van der Waals surface area contributed by atoms with Crippen LogP contribution in [0.5, 0.6) is 23.0 Å². The Morgan fingerprint density at radius 2 is 1.21 bits per heavy atom. The molecule has 23 heteroatoms. The molecule has 2 amide bonds. The van der Waals surface area contributed by atoms with Crippen molar-refractivity contribution in [1.29, 1.82) is 0 Å². The van der Waals surface area contributed by atoms with E-state index in [0.717, 1.165) is 80.9 Å². The molecule has 9 rings (SSSR count). The number of nitrogens with two attached hydrogens (primary N) is 2. The largest absolute Gasteiger partial charge is 0.454 e. The highest BCUT2D eigenvalue weighted by molar-refractivity contribution is 9.09. The third kappa shape index (κ3) is 15.2. The molecule has 4 aromatic carbocycles. The summed E-state index contributed by atoms with van der Waals surface area (Å²) in [5.74, 6) is 3.65. The molecule has 0 saturated carbocycles. The first-order valence-corrected chi connectivity index (χ1v) is 25.6. The number of ketones is 2. The fourth-order valence-corrected chi connectivity index (χ4v) is 9.41. The van der Waals surface area contributed by atoms with E-state index < -0.39 is 0 Å². The Morgan fingerprint density at radius 1 is 0.736 bits per heavy atom. The zero-order chi connectivity index (χ0) is 49.7. The Morgan fingerprint density at radius 3 is 1.69 bits per heavy atom. The summed E-state index contributed by atoms with van der Waals surface area (Å²) >= 11 is 11.0. The van der Waals surface area contributed by atoms with Crippen molar-refractivity contribution in [2.24, 2.45) is 10.7 Å². The number of amides is 2. The summed E-state index contributed by atoms with van der Waals surface area (Å²) in [6, 6.07) is 26.3. The number of carbonyl (C=O) groups is 4. The van der Waals surface area contributed by atoms with Crippen molar-refractivity contribution in [3.8, 4) is 23.0 Å². The number of nitrogens with zero attached hydrogens (tertiary/aromatic N) is 6. The average Bonchev–Trinajstić information content (AvgIpc) is 4.14. The van der Waals surface area contributed by atoms with E-state index in [4.69, 9.17) is 42.6 Å². The van der Waals surface area contributed by atoms with Gasteiger partial charge in [-0.15, -0.1) is 0 Å². The number of fused-ring (bicyclic) bond motifs is 2. The minimum atomic E-state index is -0.212. The van der Waals surface area contributed by atoms with E-state index in [1.54, 1.807) is 50.2 Å². The van der Waals surface area contributed by atoms with Gasteiger partial charge in [0.25, 0.3) is 0 Å². The monoisotopic (exact) mass is 1120 g/mol. The predicted octanol–water partition coefficient (Wildman–Crippen LogP) is 7.90. The van der Waals surface area contributed by atoms with Crippen LogP contribution in [0.25, 0.3) is 0 Å². The fourth-order valence-electron chi connectivity index (χ4n) is 7.49. The summed E-state index contributed by atoms with van der Waals surface area (Å²) in [6.45, 7) is 11.9. The lowest BCUT2D eigenvalue weighted by Gasteiger charge is -2.35. The van der Waals surface area contributed by atoms with Gasteiger partial charge in [-0.05, 0) is 103 Å². The third-order valence-electron chi connectivity index (χ3n) is 11.2. The maximum Gasteiger partial charge on any atom is 0.231 e. The van der Waals surface area contributed by atoms with Crippen LogP contribution >= 0.6 is 61.1 Å². The summed E-state index contributed by atoms with van der Waals surface area (Å²) in [5.41, 5.74) is 16.9. The van der Waals surface area contributed by atoms with E-state index in [-0.39, 0.29) is 60.1 Å². The lowest BCUT2D eigenvalue weighted by Crippen LogP contribution is -2.48. The first kappa shape index (κ1) is 56.7. The van der Waals surface area contributed by atoms with Crippen LogP contribution in [-0.2, 0) is 9.59 Å². The van der Waals surface area contributed by atoms with Gasteiger partial charge in [-0.3, -0.25) is 19.2 Å². The number of carbonyl (C=O) groups excluding carboxylic acids is 4. The van der Waals surface area contributed by atoms with Gasteiger partial charge in [0.05, 0.1) is 5.33 Å². The summed E-state index contributed by atoms with van der Waals surface area (Å²) in [7, 11) is 0. The zero-order valence-electron chi connectivity index (χ0n) is 39.5. The molecule has 1 aromatic heterocycles. The van der Waals surface area contributed by atoms with E-state index in [1.807, 2.05) is 65.3 Å². The molecule has 5 aromatic rings. The number of alkyl halides is 1. The van der Waals surface area contributed by atoms with Gasteiger partial charge < -0.3 is 60.6 Å². The van der Waals surface area contributed by atoms with Crippen LogP contribution in [0.3, 0.4) is 0 Å². The van der Waals surface area contributed by atoms with Gasteiger partial charge in [-0.25, -0.2) is 4.98 Å². The topological polar surface area (TPSA) is 220 Å². The third-order valence-corrected chi connectivity index (χ3v) is 13.6. The van der Waals surface area contributed by atoms with Crippen LogP contribution in [0.4, 0.5) is 33.7 Å². The van der Waals surface area contributed by atoms with Crippen LogP contribution in [0, 0.1) is 0 Å². The summed E-state index contributed by atoms with van der Waals surface area (Å²) in [4.78, 5) is 64.2. The normalized spacial score (nSPS) is 14.3. The Bertz CT molecular complexity index is 2720. The molecule has 5 heterocycles. The van der Waals surface area contributed by atoms with Crippen LogP contribution in [0.1, 0.15) is 53.8 Å². The number of rotatable bonds is 10. The average molecular weight is 1120 g/mol. The highest BCUT2D eigenvalue weighted by Gasteiger charge is 2.23. The molecule has 18 nitrogen and oxygen atoms in total. The minimum absolute atomic E-state index is 0. The highest BCUT2D eigenvalue weighted by atomic mass is 79.9. The number of hydrogen-bond acceptors (Lipinski definition) is 16. The van der Waals surface area contributed by atoms with Crippen LogP contribution < -0.4 is 50.8 Å². The molecule has 0 radical (unpaired) electrons. The number of amidine groups is 1. The second kappa shape index (κ2) is 27.0. The maximum absolute atomic E-state index is 13.0. The summed E-state index contributed by atoms with van der Waals surface area (Å²) in [5, 5.41) is 7.98. The number of nitrogens with one attached hydrogen (secondary N) is 2. The number of hydrogen-bond donors (Lipinski definition) is 4. The van der Waals surface area contributed by atoms with Gasteiger partial charge in [0.15, 0.2) is 44.2 Å². The summed E-state index contributed by atoms with van der Waals surface area (Å²) in [6.07, 6.45) is 0. The second-order valence-electron chi connectivity index (χ2n) is 15.8. The Balaban J connectivity index is 0.000000216. The zero-order valence-corrected chi connectivity index (χ0v) is 44.9. The van der Waals surface area contributed by atoms with Crippen molar-refractivity contribution in [1.82, 2.24) is 14.8 Å². The summed E-state index contributed by atoms with van der Waals surface area (Å²) < 4.78 is 20.9. The van der Waals surface area contributed by atoms with Crippen molar-refractivity contribution in [3.63, 3.8) is 0 Å². The second-order valence-corrected chi connectivity index (χ2v) is 19.0. The Kier molecular flexibility index (Phi) is 21.3. The molecule has 4 aliphatic heterocycles. The molecule has 2 saturated heterocycles. The van der Waals surface area contributed by atoms with E-state index in [1.165, 1.54) is 23.1 Å². The standard InChI is InChI=1S/C23H23N5O4S.C16H23N5OS2.C9H7BrO3.CH4.H3P/c1-14(29)27-8-10-28(11-9-27)17-5-3-16(4-6-17)25-23-26-22(24)21(33-23)20(30)15-2-7-18-19(12-15)32-13-31-18;1-3-24-15(17)19-16(23)18-13-4-6-14(7-5-13)21-10-8-20(9-11-21)12(2)22;10-4-7(11)6-1-2-8-9(3-6)13-5-12-8;;/h2-7,12H,8-11,13,24H2,1H3,(H,25,26);4-7H,3,8-11H2,1-2H3,(H3,17,18,19,23);1-3H,4-5H2;1H4;1H3. The number of aromatic nitrogens is 1. The van der Waals surface area contributed by atoms with Gasteiger partial charge >= 0.3 is 0 Å². The molecule has 4 aliphatic rings. The van der Waals surface area contributed by atoms with Crippen molar-refractivity contribution in [2.75, 3.05) is 103 Å². The molecule has 0 spiro atoms.